The van der Waals surface area contributed by atoms with Crippen LogP contribution >= 0.6 is 0 Å². The highest BCUT2D eigenvalue weighted by molar-refractivity contribution is 7.89. The summed E-state index contributed by atoms with van der Waals surface area (Å²) in [7, 11) is -3.71. The quantitative estimate of drug-likeness (QED) is 0.605. The van der Waals surface area contributed by atoms with Crippen molar-refractivity contribution in [3.05, 3.63) is 65.2 Å². The lowest BCUT2D eigenvalue weighted by atomic mass is 10.1. The van der Waals surface area contributed by atoms with Gasteiger partial charge in [-0.2, -0.15) is 0 Å². The lowest BCUT2D eigenvalue weighted by molar-refractivity contribution is 0.0950. The van der Waals surface area contributed by atoms with Crippen LogP contribution < -0.4 is 10.0 Å². The van der Waals surface area contributed by atoms with Crippen LogP contribution in [0.5, 0.6) is 0 Å². The summed E-state index contributed by atoms with van der Waals surface area (Å²) in [5.74, 6) is -0.294. The predicted octanol–water partition coefficient (Wildman–Crippen LogP) is 2.67. The van der Waals surface area contributed by atoms with E-state index in [1.165, 1.54) is 30.5 Å². The Morgan fingerprint density at radius 1 is 1.03 bits per heavy atom. The molecule has 0 aromatic heterocycles. The number of carbonyl (C=O) groups is 1. The molecule has 2 heterocycles. The normalized spacial score (nSPS) is 19.3. The van der Waals surface area contributed by atoms with Gasteiger partial charge in [0, 0.05) is 31.8 Å². The number of hydrogen-bond donors (Lipinski definition) is 2. The van der Waals surface area contributed by atoms with Crippen LogP contribution in [0.4, 0.5) is 0 Å². The van der Waals surface area contributed by atoms with Gasteiger partial charge in [-0.15, -0.1) is 0 Å². The Morgan fingerprint density at radius 3 is 2.56 bits per heavy atom. The van der Waals surface area contributed by atoms with E-state index in [2.05, 4.69) is 21.0 Å². The molecule has 172 valence electrons. The van der Waals surface area contributed by atoms with Crippen LogP contribution in [0, 0.1) is 0 Å². The number of carbonyl (C=O) groups excluding carboxylic acids is 1. The molecular weight excluding hydrogens is 426 g/mol. The van der Waals surface area contributed by atoms with E-state index in [9.17, 15) is 13.2 Å². The van der Waals surface area contributed by atoms with Gasteiger partial charge in [-0.05, 0) is 68.1 Å². The van der Waals surface area contributed by atoms with Gasteiger partial charge in [0.15, 0.2) is 0 Å². The fraction of sp³-hybridized carbons (Fsp3) is 0.458. The Morgan fingerprint density at radius 2 is 1.81 bits per heavy atom. The molecule has 7 nitrogen and oxygen atoms in total. The van der Waals surface area contributed by atoms with Crippen molar-refractivity contribution in [2.75, 3.05) is 26.2 Å². The maximum absolute atomic E-state index is 12.8. The Labute approximate surface area is 190 Å². The van der Waals surface area contributed by atoms with Gasteiger partial charge < -0.3 is 10.1 Å². The number of benzene rings is 2. The van der Waals surface area contributed by atoms with Gasteiger partial charge >= 0.3 is 0 Å². The zero-order chi connectivity index (χ0) is 22.4. The number of nitrogens with zero attached hydrogens (tertiary/aromatic N) is 1. The average Bonchev–Trinajstić information content (AvgIpc) is 3.51. The molecule has 8 heteroatoms. The highest BCUT2D eigenvalue weighted by Crippen LogP contribution is 2.17. The molecule has 1 unspecified atom stereocenters. The number of sulfonamides is 1. The molecule has 0 bridgehead atoms. The van der Waals surface area contributed by atoms with E-state index < -0.39 is 10.0 Å². The number of hydrogen-bond acceptors (Lipinski definition) is 5. The molecular formula is C24H31N3O4S. The standard InChI is InChI=1S/C24H31N3O4S/c28-24(25-16-20-7-1-2-8-21(20)18-27-12-3-4-13-27)19-9-5-11-23(15-19)32(29,30)26-17-22-10-6-14-31-22/h1-2,5,7-9,11,15,22,26H,3-4,6,10,12-14,16-18H2,(H,25,28). The van der Waals surface area contributed by atoms with Crippen LogP contribution in [-0.2, 0) is 27.8 Å². The molecule has 2 aliphatic heterocycles. The second-order valence-electron chi connectivity index (χ2n) is 8.45. The van der Waals surface area contributed by atoms with Crippen LogP contribution in [0.3, 0.4) is 0 Å². The molecule has 1 amide bonds. The van der Waals surface area contributed by atoms with E-state index in [1.54, 1.807) is 12.1 Å². The maximum atomic E-state index is 12.8. The second kappa shape index (κ2) is 10.6. The van der Waals surface area contributed by atoms with E-state index in [1.807, 2.05) is 18.2 Å². The first-order chi connectivity index (χ1) is 15.5. The molecule has 4 rings (SSSR count). The Kier molecular flexibility index (Phi) is 7.57. The third-order valence-corrected chi connectivity index (χ3v) is 7.50. The van der Waals surface area contributed by atoms with Crippen LogP contribution in [0.15, 0.2) is 53.4 Å². The number of amides is 1. The Balaban J connectivity index is 1.38. The van der Waals surface area contributed by atoms with Crippen molar-refractivity contribution < 1.29 is 17.9 Å². The Bertz CT molecular complexity index is 1030. The summed E-state index contributed by atoms with van der Waals surface area (Å²) >= 11 is 0. The molecule has 2 aromatic carbocycles. The van der Waals surface area contributed by atoms with Gasteiger partial charge in [-0.1, -0.05) is 30.3 Å². The van der Waals surface area contributed by atoms with Gasteiger partial charge in [-0.25, -0.2) is 13.1 Å². The molecule has 0 saturated carbocycles. The summed E-state index contributed by atoms with van der Waals surface area (Å²) in [6.07, 6.45) is 4.19. The summed E-state index contributed by atoms with van der Waals surface area (Å²) in [6.45, 7) is 4.43. The molecule has 2 saturated heterocycles. The first-order valence-electron chi connectivity index (χ1n) is 11.3. The van der Waals surface area contributed by atoms with E-state index in [0.29, 0.717) is 18.7 Å². The maximum Gasteiger partial charge on any atom is 0.251 e. The zero-order valence-corrected chi connectivity index (χ0v) is 19.1. The van der Waals surface area contributed by atoms with E-state index >= 15 is 0 Å². The largest absolute Gasteiger partial charge is 0.377 e. The van der Waals surface area contributed by atoms with Crippen molar-refractivity contribution in [3.63, 3.8) is 0 Å². The smallest absolute Gasteiger partial charge is 0.251 e. The molecule has 32 heavy (non-hydrogen) atoms. The minimum Gasteiger partial charge on any atom is -0.377 e. The van der Waals surface area contributed by atoms with Crippen LogP contribution in [-0.4, -0.2) is 51.6 Å². The summed E-state index contributed by atoms with van der Waals surface area (Å²) in [5.41, 5.74) is 2.61. The van der Waals surface area contributed by atoms with Crippen molar-refractivity contribution in [2.24, 2.45) is 0 Å². The van der Waals surface area contributed by atoms with Crippen LogP contribution in [0.2, 0.25) is 0 Å². The first kappa shape index (κ1) is 22.9. The van der Waals surface area contributed by atoms with E-state index in [4.69, 9.17) is 4.74 Å². The summed E-state index contributed by atoms with van der Waals surface area (Å²) < 4.78 is 33.4. The lowest BCUT2D eigenvalue weighted by Crippen LogP contribution is -2.32. The van der Waals surface area contributed by atoms with Gasteiger partial charge in [0.2, 0.25) is 10.0 Å². The minimum atomic E-state index is -3.71. The predicted molar refractivity (Wildman–Crippen MR) is 123 cm³/mol. The minimum absolute atomic E-state index is 0.0811. The lowest BCUT2D eigenvalue weighted by Gasteiger charge is -2.18. The number of nitrogens with one attached hydrogen (secondary N) is 2. The van der Waals surface area contributed by atoms with Crippen molar-refractivity contribution in [3.8, 4) is 0 Å². The zero-order valence-electron chi connectivity index (χ0n) is 18.3. The second-order valence-corrected chi connectivity index (χ2v) is 10.2. The summed E-state index contributed by atoms with van der Waals surface area (Å²) in [5, 5.41) is 2.94. The molecule has 0 radical (unpaired) electrons. The Hall–Kier alpha value is -2.26. The number of rotatable bonds is 9. The van der Waals surface area contributed by atoms with Gasteiger partial charge in [0.1, 0.15) is 0 Å². The fourth-order valence-corrected chi connectivity index (χ4v) is 5.35. The average molecular weight is 458 g/mol. The third kappa shape index (κ3) is 5.95. The van der Waals surface area contributed by atoms with Gasteiger partial charge in [0.25, 0.3) is 5.91 Å². The van der Waals surface area contributed by atoms with E-state index in [0.717, 1.165) is 38.0 Å². The van der Waals surface area contributed by atoms with Crippen molar-refractivity contribution in [2.45, 2.75) is 49.8 Å². The van der Waals surface area contributed by atoms with Gasteiger partial charge in [-0.3, -0.25) is 9.69 Å². The third-order valence-electron chi connectivity index (χ3n) is 6.08. The molecule has 1 atom stereocenters. The summed E-state index contributed by atoms with van der Waals surface area (Å²) in [4.78, 5) is 15.3. The van der Waals surface area contributed by atoms with Crippen LogP contribution in [0.25, 0.3) is 0 Å². The van der Waals surface area contributed by atoms with Crippen LogP contribution in [0.1, 0.15) is 47.2 Å². The molecule has 0 spiro atoms. The van der Waals surface area contributed by atoms with Crippen molar-refractivity contribution in [1.82, 2.24) is 14.9 Å². The molecule has 0 aliphatic carbocycles. The van der Waals surface area contributed by atoms with E-state index in [-0.39, 0.29) is 23.5 Å². The number of ether oxygens (including phenoxy) is 1. The molecule has 2 aromatic rings. The summed E-state index contributed by atoms with van der Waals surface area (Å²) in [6, 6.07) is 14.3. The molecule has 2 fully saturated rings. The van der Waals surface area contributed by atoms with Crippen molar-refractivity contribution in [1.29, 1.82) is 0 Å². The first-order valence-corrected chi connectivity index (χ1v) is 12.8. The monoisotopic (exact) mass is 457 g/mol. The fourth-order valence-electron chi connectivity index (χ4n) is 4.24. The highest BCUT2D eigenvalue weighted by atomic mass is 32.2. The topological polar surface area (TPSA) is 87.7 Å². The van der Waals surface area contributed by atoms with Crippen molar-refractivity contribution >= 4 is 15.9 Å². The SMILES string of the molecule is O=C(NCc1ccccc1CN1CCCC1)c1cccc(S(=O)(=O)NCC2CCCO2)c1. The molecule has 2 N–H and O–H groups in total. The molecule has 2 aliphatic rings. The number of likely N-dealkylation sites (tertiary alicyclic amines) is 1. The van der Waals surface area contributed by atoms with Gasteiger partial charge in [0.05, 0.1) is 11.0 Å². The highest BCUT2D eigenvalue weighted by Gasteiger charge is 2.21.